The molecule has 0 aliphatic heterocycles. The number of aromatic nitrogens is 3. The molecule has 0 spiro atoms. The number of nitrogens with one attached hydrogen (secondary N) is 1. The second-order valence-corrected chi connectivity index (χ2v) is 7.06. The van der Waals surface area contributed by atoms with Crippen LogP contribution in [0, 0.1) is 0 Å². The lowest BCUT2D eigenvalue weighted by molar-refractivity contribution is -0.275. The number of nitrogens with zero attached hydrogens (tertiary/aromatic N) is 3. The summed E-state index contributed by atoms with van der Waals surface area (Å²) < 4.78 is 41.7. The summed E-state index contributed by atoms with van der Waals surface area (Å²) in [4.78, 5) is 18.0. The number of H-pyrrole nitrogens is 1. The van der Waals surface area contributed by atoms with E-state index in [-0.39, 0.29) is 23.8 Å². The second-order valence-electron chi connectivity index (χ2n) is 6.09. The fourth-order valence-electron chi connectivity index (χ4n) is 2.57. The van der Waals surface area contributed by atoms with Gasteiger partial charge in [0.05, 0.1) is 0 Å². The molecule has 0 saturated carbocycles. The molecule has 0 saturated heterocycles. The molecule has 0 unspecified atom stereocenters. The highest BCUT2D eigenvalue weighted by Crippen LogP contribution is 2.27. The van der Waals surface area contributed by atoms with Crippen LogP contribution in [0.5, 0.6) is 5.75 Å². The number of halogens is 3. The molecule has 1 amide bonds. The van der Waals surface area contributed by atoms with Crippen molar-refractivity contribution in [1.29, 1.82) is 0 Å². The Labute approximate surface area is 169 Å². The van der Waals surface area contributed by atoms with Gasteiger partial charge in [0.25, 0.3) is 5.91 Å². The van der Waals surface area contributed by atoms with Crippen LogP contribution in [0.1, 0.15) is 21.5 Å². The van der Waals surface area contributed by atoms with Crippen LogP contribution < -0.4 is 4.74 Å². The van der Waals surface area contributed by atoms with Crippen molar-refractivity contribution in [3.63, 3.8) is 0 Å². The van der Waals surface area contributed by atoms with Gasteiger partial charge < -0.3 is 9.64 Å². The number of carbonyl (C=O) groups is 1. The lowest BCUT2D eigenvalue weighted by atomic mass is 10.1. The van der Waals surface area contributed by atoms with Crippen LogP contribution in [0.25, 0.3) is 0 Å². The number of para-hydroxylation sites is 1. The van der Waals surface area contributed by atoms with Crippen LogP contribution in [0.3, 0.4) is 0 Å². The minimum absolute atomic E-state index is 0.0197. The topological polar surface area (TPSA) is 71.1 Å². The maximum absolute atomic E-state index is 12.6. The Morgan fingerprint density at radius 3 is 2.55 bits per heavy atom. The Hall–Kier alpha value is -3.01. The van der Waals surface area contributed by atoms with Gasteiger partial charge in [-0.1, -0.05) is 42.1 Å². The average Bonchev–Trinajstić information content (AvgIpc) is 3.20. The third-order valence-electron chi connectivity index (χ3n) is 3.92. The van der Waals surface area contributed by atoms with Crippen LogP contribution in [-0.2, 0) is 12.3 Å². The van der Waals surface area contributed by atoms with Crippen LogP contribution in [0.4, 0.5) is 13.2 Å². The minimum atomic E-state index is -4.79. The number of alkyl halides is 3. The van der Waals surface area contributed by atoms with Gasteiger partial charge in [-0.05, 0) is 23.8 Å². The molecule has 10 heteroatoms. The first kappa shape index (κ1) is 20.7. The molecule has 3 rings (SSSR count). The van der Waals surface area contributed by atoms with E-state index in [0.717, 1.165) is 5.56 Å². The van der Waals surface area contributed by atoms with Crippen molar-refractivity contribution in [3.8, 4) is 5.75 Å². The number of ether oxygens (including phenoxy) is 1. The third-order valence-corrected chi connectivity index (χ3v) is 4.87. The van der Waals surface area contributed by atoms with E-state index in [4.69, 9.17) is 0 Å². The van der Waals surface area contributed by atoms with Crippen molar-refractivity contribution < 1.29 is 22.7 Å². The molecule has 6 nitrogen and oxygen atoms in total. The highest BCUT2D eigenvalue weighted by Gasteiger charge is 2.32. The van der Waals surface area contributed by atoms with Crippen molar-refractivity contribution in [3.05, 3.63) is 71.5 Å². The summed E-state index contributed by atoms with van der Waals surface area (Å²) in [6.07, 6.45) is -3.37. The number of hydrogen-bond acceptors (Lipinski definition) is 5. The van der Waals surface area contributed by atoms with Crippen LogP contribution in [0.2, 0.25) is 0 Å². The number of carbonyl (C=O) groups excluding carboxylic acids is 1. The fourth-order valence-corrected chi connectivity index (χ4v) is 3.30. The molecule has 0 aliphatic carbocycles. The molecule has 0 aliphatic rings. The van der Waals surface area contributed by atoms with Crippen molar-refractivity contribution >= 4 is 17.7 Å². The molecule has 0 atom stereocenters. The van der Waals surface area contributed by atoms with Crippen LogP contribution in [-0.4, -0.2) is 39.4 Å². The van der Waals surface area contributed by atoms with Gasteiger partial charge in [-0.3, -0.25) is 9.89 Å². The highest BCUT2D eigenvalue weighted by atomic mass is 32.2. The van der Waals surface area contributed by atoms with E-state index in [1.807, 2.05) is 12.1 Å². The summed E-state index contributed by atoms with van der Waals surface area (Å²) in [6.45, 7) is -0.0197. The summed E-state index contributed by atoms with van der Waals surface area (Å²) in [7, 11) is 1.53. The van der Waals surface area contributed by atoms with E-state index >= 15 is 0 Å². The van der Waals surface area contributed by atoms with Gasteiger partial charge in [-0.25, -0.2) is 4.98 Å². The van der Waals surface area contributed by atoms with Gasteiger partial charge in [-0.2, -0.15) is 5.10 Å². The molecule has 0 radical (unpaired) electrons. The molecule has 1 N–H and O–H groups in total. The van der Waals surface area contributed by atoms with Crippen LogP contribution in [0.15, 0.2) is 60.0 Å². The molecule has 1 aromatic heterocycles. The Morgan fingerprint density at radius 2 is 1.90 bits per heavy atom. The van der Waals surface area contributed by atoms with E-state index in [2.05, 4.69) is 19.9 Å². The van der Waals surface area contributed by atoms with Gasteiger partial charge in [0, 0.05) is 30.5 Å². The zero-order valence-corrected chi connectivity index (χ0v) is 16.1. The number of aromatic amines is 1. The van der Waals surface area contributed by atoms with Gasteiger partial charge >= 0.3 is 6.36 Å². The summed E-state index contributed by atoms with van der Waals surface area (Å²) in [5.74, 6) is 0.0301. The second kappa shape index (κ2) is 8.99. The van der Waals surface area contributed by atoms with E-state index in [1.54, 1.807) is 18.2 Å². The largest absolute Gasteiger partial charge is 0.573 e. The summed E-state index contributed by atoms with van der Waals surface area (Å²) in [5.41, 5.74) is 1.70. The summed E-state index contributed by atoms with van der Waals surface area (Å²) in [5, 5.41) is 7.23. The van der Waals surface area contributed by atoms with Crippen LogP contribution >= 0.6 is 11.8 Å². The summed E-state index contributed by atoms with van der Waals surface area (Å²) in [6, 6.07) is 12.8. The molecule has 152 valence electrons. The first-order valence-electron chi connectivity index (χ1n) is 8.48. The van der Waals surface area contributed by atoms with Crippen molar-refractivity contribution in [2.24, 2.45) is 0 Å². The average molecular weight is 422 g/mol. The number of benzene rings is 2. The molecule has 1 heterocycles. The van der Waals surface area contributed by atoms with E-state index in [9.17, 15) is 18.0 Å². The summed E-state index contributed by atoms with van der Waals surface area (Å²) >= 11 is 1.48. The molecule has 2 aromatic carbocycles. The number of hydrogen-bond donors (Lipinski definition) is 1. The predicted molar refractivity (Wildman–Crippen MR) is 101 cm³/mol. The number of thioether (sulfide) groups is 1. The first-order valence-corrected chi connectivity index (χ1v) is 9.46. The standard InChI is InChI=1S/C19H17F3N4O2S/c1-26(10-15-4-2-3-5-16(15)28-19(20,21)22)17(27)14-8-6-13(7-9-14)11-29-18-23-12-24-25-18/h2-9,12H,10-11H2,1H3,(H,23,24,25). The lowest BCUT2D eigenvalue weighted by Gasteiger charge is -2.20. The minimum Gasteiger partial charge on any atom is -0.405 e. The van der Waals surface area contributed by atoms with Gasteiger partial charge in [0.15, 0.2) is 5.16 Å². The molecular formula is C19H17F3N4O2S. The normalized spacial score (nSPS) is 11.3. The molecule has 3 aromatic rings. The zero-order chi connectivity index (χ0) is 20.9. The number of rotatable bonds is 7. The Morgan fingerprint density at radius 1 is 1.17 bits per heavy atom. The lowest BCUT2D eigenvalue weighted by Crippen LogP contribution is -2.27. The number of amides is 1. The van der Waals surface area contributed by atoms with Gasteiger partial charge in [-0.15, -0.1) is 13.2 Å². The Balaban J connectivity index is 1.63. The first-order chi connectivity index (χ1) is 13.8. The monoisotopic (exact) mass is 422 g/mol. The smallest absolute Gasteiger partial charge is 0.405 e. The molecule has 0 fully saturated rings. The predicted octanol–water partition coefficient (Wildman–Crippen LogP) is 4.27. The third kappa shape index (κ3) is 5.98. The van der Waals surface area contributed by atoms with Crippen molar-refractivity contribution in [1.82, 2.24) is 20.1 Å². The fraction of sp³-hybridized carbons (Fsp3) is 0.211. The Bertz CT molecular complexity index is 947. The maximum atomic E-state index is 12.6. The Kier molecular flexibility index (Phi) is 6.42. The quantitative estimate of drug-likeness (QED) is 0.576. The van der Waals surface area contributed by atoms with Crippen molar-refractivity contribution in [2.75, 3.05) is 7.05 Å². The SMILES string of the molecule is CN(Cc1ccccc1OC(F)(F)F)C(=O)c1ccc(CSc2ncn[nH]2)cc1. The van der Waals surface area contributed by atoms with Crippen molar-refractivity contribution in [2.45, 2.75) is 23.8 Å². The molecule has 29 heavy (non-hydrogen) atoms. The maximum Gasteiger partial charge on any atom is 0.573 e. The van der Waals surface area contributed by atoms with E-state index in [0.29, 0.717) is 16.5 Å². The van der Waals surface area contributed by atoms with E-state index in [1.165, 1.54) is 48.2 Å². The van der Waals surface area contributed by atoms with Gasteiger partial charge in [0.2, 0.25) is 0 Å². The zero-order valence-electron chi connectivity index (χ0n) is 15.3. The van der Waals surface area contributed by atoms with E-state index < -0.39 is 6.36 Å². The van der Waals surface area contributed by atoms with Gasteiger partial charge in [0.1, 0.15) is 12.1 Å². The highest BCUT2D eigenvalue weighted by molar-refractivity contribution is 7.98. The molecule has 0 bridgehead atoms. The molecular weight excluding hydrogens is 405 g/mol.